The standard InChI is InChI=1S/C14H18ClN3/c1-3-7-10(4-2)16-13-11-8-5-6-9-12(11)17-14(15)18-13/h5-6,8-10H,3-4,7H2,1-2H3,(H,16,17,18). The highest BCUT2D eigenvalue weighted by atomic mass is 35.5. The Morgan fingerprint density at radius 3 is 2.72 bits per heavy atom. The maximum absolute atomic E-state index is 5.97. The summed E-state index contributed by atoms with van der Waals surface area (Å²) in [5.41, 5.74) is 0.881. The van der Waals surface area contributed by atoms with E-state index in [1.165, 1.54) is 0 Å². The molecule has 1 atom stereocenters. The van der Waals surface area contributed by atoms with Gasteiger partial charge in [0.15, 0.2) is 0 Å². The summed E-state index contributed by atoms with van der Waals surface area (Å²) in [5, 5.41) is 4.80. The molecule has 3 nitrogen and oxygen atoms in total. The second-order valence-electron chi connectivity index (χ2n) is 4.40. The molecule has 0 radical (unpaired) electrons. The fraction of sp³-hybridized carbons (Fsp3) is 0.429. The van der Waals surface area contributed by atoms with Crippen molar-refractivity contribution in [3.05, 3.63) is 29.5 Å². The molecular formula is C14H18ClN3. The summed E-state index contributed by atoms with van der Waals surface area (Å²) in [7, 11) is 0. The van der Waals surface area contributed by atoms with Crippen molar-refractivity contribution in [3.63, 3.8) is 0 Å². The molecule has 0 aliphatic carbocycles. The van der Waals surface area contributed by atoms with Gasteiger partial charge in [0.1, 0.15) is 5.82 Å². The molecule has 1 N–H and O–H groups in total. The van der Waals surface area contributed by atoms with Crippen LogP contribution in [0.2, 0.25) is 5.28 Å². The van der Waals surface area contributed by atoms with Crippen molar-refractivity contribution in [1.82, 2.24) is 9.97 Å². The first kappa shape index (κ1) is 13.1. The molecule has 1 aromatic heterocycles. The van der Waals surface area contributed by atoms with Gasteiger partial charge in [-0.25, -0.2) is 9.97 Å². The predicted molar refractivity (Wildman–Crippen MR) is 77.2 cm³/mol. The first-order valence-corrected chi connectivity index (χ1v) is 6.81. The molecule has 96 valence electrons. The van der Waals surface area contributed by atoms with Gasteiger partial charge in [0.05, 0.1) is 5.52 Å². The third kappa shape index (κ3) is 2.91. The number of para-hydroxylation sites is 1. The maximum atomic E-state index is 5.97. The molecule has 0 spiro atoms. The molecule has 0 saturated carbocycles. The highest BCUT2D eigenvalue weighted by Gasteiger charge is 2.10. The molecule has 0 bridgehead atoms. The van der Waals surface area contributed by atoms with Gasteiger partial charge in [-0.15, -0.1) is 0 Å². The molecule has 1 unspecified atom stereocenters. The molecule has 1 heterocycles. The van der Waals surface area contributed by atoms with Crippen LogP contribution in [0.3, 0.4) is 0 Å². The Hall–Kier alpha value is -1.35. The number of halogens is 1. The maximum Gasteiger partial charge on any atom is 0.224 e. The largest absolute Gasteiger partial charge is 0.367 e. The van der Waals surface area contributed by atoms with Crippen LogP contribution in [0.5, 0.6) is 0 Å². The zero-order chi connectivity index (χ0) is 13.0. The minimum absolute atomic E-state index is 0.294. The summed E-state index contributed by atoms with van der Waals surface area (Å²) in [4.78, 5) is 8.54. The fourth-order valence-corrected chi connectivity index (χ4v) is 2.25. The van der Waals surface area contributed by atoms with Crippen LogP contribution in [0.4, 0.5) is 5.82 Å². The highest BCUT2D eigenvalue weighted by Crippen LogP contribution is 2.23. The lowest BCUT2D eigenvalue weighted by Crippen LogP contribution is -2.19. The number of hydrogen-bond acceptors (Lipinski definition) is 3. The fourth-order valence-electron chi connectivity index (χ4n) is 2.08. The van der Waals surface area contributed by atoms with Gasteiger partial charge in [-0.3, -0.25) is 0 Å². The number of fused-ring (bicyclic) bond motifs is 1. The van der Waals surface area contributed by atoms with Crippen LogP contribution in [0, 0.1) is 0 Å². The highest BCUT2D eigenvalue weighted by molar-refractivity contribution is 6.28. The monoisotopic (exact) mass is 263 g/mol. The summed E-state index contributed by atoms with van der Waals surface area (Å²) in [6.07, 6.45) is 3.36. The molecule has 2 aromatic rings. The van der Waals surface area contributed by atoms with E-state index in [1.807, 2.05) is 24.3 Å². The van der Waals surface area contributed by atoms with Crippen molar-refractivity contribution in [2.45, 2.75) is 39.2 Å². The van der Waals surface area contributed by atoms with Crippen molar-refractivity contribution < 1.29 is 0 Å². The van der Waals surface area contributed by atoms with Gasteiger partial charge in [0.25, 0.3) is 0 Å². The van der Waals surface area contributed by atoms with Crippen LogP contribution in [0.1, 0.15) is 33.1 Å². The predicted octanol–water partition coefficient (Wildman–Crippen LogP) is 4.27. The zero-order valence-electron chi connectivity index (χ0n) is 10.8. The van der Waals surface area contributed by atoms with Gasteiger partial charge in [0, 0.05) is 11.4 Å². The lowest BCUT2D eigenvalue weighted by molar-refractivity contribution is 0.621. The van der Waals surface area contributed by atoms with E-state index < -0.39 is 0 Å². The van der Waals surface area contributed by atoms with Gasteiger partial charge in [-0.05, 0) is 36.6 Å². The zero-order valence-corrected chi connectivity index (χ0v) is 11.5. The van der Waals surface area contributed by atoms with Crippen LogP contribution < -0.4 is 5.32 Å². The Bertz CT molecular complexity index is 527. The summed E-state index contributed by atoms with van der Waals surface area (Å²) in [6.45, 7) is 4.37. The molecule has 4 heteroatoms. The first-order valence-electron chi connectivity index (χ1n) is 6.43. The second-order valence-corrected chi connectivity index (χ2v) is 4.73. The number of anilines is 1. The SMILES string of the molecule is CCCC(CC)Nc1nc(Cl)nc2ccccc12. The van der Waals surface area contributed by atoms with E-state index in [1.54, 1.807) is 0 Å². The Kier molecular flexibility index (Phi) is 4.37. The third-order valence-electron chi connectivity index (χ3n) is 3.05. The van der Waals surface area contributed by atoms with E-state index >= 15 is 0 Å². The number of benzene rings is 1. The van der Waals surface area contributed by atoms with Crippen molar-refractivity contribution in [1.29, 1.82) is 0 Å². The molecule has 2 rings (SSSR count). The number of nitrogens with zero attached hydrogens (tertiary/aromatic N) is 2. The van der Waals surface area contributed by atoms with Crippen molar-refractivity contribution in [2.75, 3.05) is 5.32 Å². The molecule has 0 saturated heterocycles. The minimum Gasteiger partial charge on any atom is -0.367 e. The van der Waals surface area contributed by atoms with Crippen LogP contribution >= 0.6 is 11.6 Å². The Morgan fingerprint density at radius 2 is 2.00 bits per heavy atom. The molecular weight excluding hydrogens is 246 g/mol. The van der Waals surface area contributed by atoms with Gasteiger partial charge in [0.2, 0.25) is 5.28 Å². The summed E-state index contributed by atoms with van der Waals surface area (Å²) >= 11 is 5.97. The summed E-state index contributed by atoms with van der Waals surface area (Å²) in [5.74, 6) is 0.839. The third-order valence-corrected chi connectivity index (χ3v) is 3.22. The number of aromatic nitrogens is 2. The summed E-state index contributed by atoms with van der Waals surface area (Å²) in [6, 6.07) is 8.36. The van der Waals surface area contributed by atoms with E-state index in [4.69, 9.17) is 11.6 Å². The topological polar surface area (TPSA) is 37.8 Å². The molecule has 18 heavy (non-hydrogen) atoms. The Morgan fingerprint density at radius 1 is 1.22 bits per heavy atom. The molecule has 0 aliphatic heterocycles. The molecule has 1 aromatic carbocycles. The van der Waals surface area contributed by atoms with Gasteiger partial charge in [-0.1, -0.05) is 32.4 Å². The van der Waals surface area contributed by atoms with Crippen molar-refractivity contribution in [2.24, 2.45) is 0 Å². The number of hydrogen-bond donors (Lipinski definition) is 1. The van der Waals surface area contributed by atoms with E-state index in [-0.39, 0.29) is 0 Å². The lowest BCUT2D eigenvalue weighted by Gasteiger charge is -2.17. The normalized spacial score (nSPS) is 12.6. The first-order chi connectivity index (χ1) is 8.74. The van der Waals surface area contributed by atoms with Crippen LogP contribution in [0.15, 0.2) is 24.3 Å². The van der Waals surface area contributed by atoms with Crippen LogP contribution in [-0.2, 0) is 0 Å². The lowest BCUT2D eigenvalue weighted by atomic mass is 10.1. The number of rotatable bonds is 5. The quantitative estimate of drug-likeness (QED) is 0.819. The summed E-state index contributed by atoms with van der Waals surface area (Å²) < 4.78 is 0. The smallest absolute Gasteiger partial charge is 0.224 e. The van der Waals surface area contributed by atoms with Crippen molar-refractivity contribution in [3.8, 4) is 0 Å². The van der Waals surface area contributed by atoms with E-state index in [0.29, 0.717) is 11.3 Å². The molecule has 0 amide bonds. The van der Waals surface area contributed by atoms with E-state index in [9.17, 15) is 0 Å². The Labute approximate surface area is 113 Å². The van der Waals surface area contributed by atoms with Gasteiger partial charge >= 0.3 is 0 Å². The van der Waals surface area contributed by atoms with Crippen molar-refractivity contribution >= 4 is 28.3 Å². The average molecular weight is 264 g/mol. The Balaban J connectivity index is 2.37. The second kappa shape index (κ2) is 6.01. The van der Waals surface area contributed by atoms with Crippen LogP contribution in [-0.4, -0.2) is 16.0 Å². The van der Waals surface area contributed by atoms with E-state index in [2.05, 4.69) is 29.1 Å². The minimum atomic E-state index is 0.294. The molecule has 0 fully saturated rings. The van der Waals surface area contributed by atoms with Gasteiger partial charge < -0.3 is 5.32 Å². The van der Waals surface area contributed by atoms with Crippen LogP contribution in [0.25, 0.3) is 10.9 Å². The van der Waals surface area contributed by atoms with E-state index in [0.717, 1.165) is 36.0 Å². The number of nitrogens with one attached hydrogen (secondary N) is 1. The van der Waals surface area contributed by atoms with Gasteiger partial charge in [-0.2, -0.15) is 0 Å². The molecule has 0 aliphatic rings. The average Bonchev–Trinajstić information content (AvgIpc) is 2.38.